The highest BCUT2D eigenvalue weighted by Crippen LogP contribution is 2.40. The fourth-order valence-corrected chi connectivity index (χ4v) is 3.17. The van der Waals surface area contributed by atoms with Crippen molar-refractivity contribution >= 4 is 28.7 Å². The van der Waals surface area contributed by atoms with Crippen molar-refractivity contribution in [2.45, 2.75) is 45.1 Å². The Morgan fingerprint density at radius 3 is 2.62 bits per heavy atom. The van der Waals surface area contributed by atoms with E-state index in [0.717, 1.165) is 24.1 Å². The molecule has 0 saturated heterocycles. The first kappa shape index (κ1) is 20.8. The summed E-state index contributed by atoms with van der Waals surface area (Å²) in [4.78, 5) is 41.5. The maximum Gasteiger partial charge on any atom is 0.339 e. The normalized spacial score (nSPS) is 15.4. The quantitative estimate of drug-likeness (QED) is 0.687. The number of pyridine rings is 1. The van der Waals surface area contributed by atoms with Crippen molar-refractivity contribution in [1.29, 1.82) is 0 Å². The molecule has 1 amide bonds. The number of hydrogen-bond donors (Lipinski definition) is 1. The first-order valence-corrected chi connectivity index (χ1v) is 9.88. The van der Waals surface area contributed by atoms with Gasteiger partial charge in [0.25, 0.3) is 5.91 Å². The summed E-state index contributed by atoms with van der Waals surface area (Å²) in [5.41, 5.74) is 2.01. The third-order valence-electron chi connectivity index (χ3n) is 5.27. The second-order valence-electron chi connectivity index (χ2n) is 7.42. The number of ether oxygens (including phenoxy) is 2. The number of esters is 2. The van der Waals surface area contributed by atoms with Crippen LogP contribution in [0.25, 0.3) is 10.9 Å². The van der Waals surface area contributed by atoms with Gasteiger partial charge in [0.1, 0.15) is 6.04 Å². The summed E-state index contributed by atoms with van der Waals surface area (Å²) in [5.74, 6) is -1.37. The van der Waals surface area contributed by atoms with Crippen LogP contribution in [-0.4, -0.2) is 42.6 Å². The van der Waals surface area contributed by atoms with Crippen LogP contribution in [0.3, 0.4) is 0 Å². The summed E-state index contributed by atoms with van der Waals surface area (Å²) in [6, 6.07) is 8.35. The van der Waals surface area contributed by atoms with E-state index < -0.39 is 30.5 Å². The number of benzene rings is 1. The van der Waals surface area contributed by atoms with Crippen LogP contribution in [0.2, 0.25) is 0 Å². The van der Waals surface area contributed by atoms with Gasteiger partial charge in [-0.15, -0.1) is 0 Å². The van der Waals surface area contributed by atoms with E-state index in [1.807, 2.05) is 38.1 Å². The minimum atomic E-state index is -0.778. The number of nitrogens with one attached hydrogen (secondary N) is 1. The number of rotatable bonds is 8. The van der Waals surface area contributed by atoms with Crippen molar-refractivity contribution < 1.29 is 23.9 Å². The first-order chi connectivity index (χ1) is 13.9. The van der Waals surface area contributed by atoms with Crippen LogP contribution in [0.5, 0.6) is 0 Å². The minimum Gasteiger partial charge on any atom is -0.467 e. The molecule has 2 aromatic rings. The zero-order valence-corrected chi connectivity index (χ0v) is 16.9. The number of carbonyl (C=O) groups is 3. The van der Waals surface area contributed by atoms with E-state index in [1.54, 1.807) is 6.07 Å². The van der Waals surface area contributed by atoms with Gasteiger partial charge >= 0.3 is 11.9 Å². The number of methoxy groups -OCH3 is 1. The van der Waals surface area contributed by atoms with Crippen molar-refractivity contribution in [3.05, 3.63) is 41.6 Å². The van der Waals surface area contributed by atoms with E-state index in [9.17, 15) is 14.4 Å². The van der Waals surface area contributed by atoms with Crippen LogP contribution in [0, 0.1) is 5.92 Å². The number of amides is 1. The fraction of sp³-hybridized carbons (Fsp3) is 0.455. The number of hydrogen-bond acceptors (Lipinski definition) is 6. The highest BCUT2D eigenvalue weighted by Gasteiger charge is 2.29. The first-order valence-electron chi connectivity index (χ1n) is 9.88. The summed E-state index contributed by atoms with van der Waals surface area (Å²) < 4.78 is 10.0. The lowest BCUT2D eigenvalue weighted by Gasteiger charge is -2.21. The Bertz CT molecular complexity index is 923. The molecule has 1 fully saturated rings. The number of carbonyl (C=O) groups excluding carboxylic acids is 3. The average molecular weight is 398 g/mol. The van der Waals surface area contributed by atoms with Crippen LogP contribution < -0.4 is 5.32 Å². The van der Waals surface area contributed by atoms with Gasteiger partial charge in [0, 0.05) is 17.0 Å². The molecule has 1 aliphatic carbocycles. The summed E-state index contributed by atoms with van der Waals surface area (Å²) in [6.45, 7) is 3.29. The predicted molar refractivity (Wildman–Crippen MR) is 107 cm³/mol. The van der Waals surface area contributed by atoms with Crippen LogP contribution in [0.15, 0.2) is 30.3 Å². The molecule has 1 N–H and O–H groups in total. The van der Waals surface area contributed by atoms with Crippen LogP contribution in [-0.2, 0) is 19.1 Å². The van der Waals surface area contributed by atoms with Gasteiger partial charge in [-0.1, -0.05) is 38.5 Å². The topological polar surface area (TPSA) is 94.6 Å². The summed E-state index contributed by atoms with van der Waals surface area (Å²) in [6.07, 6.45) is 2.81. The minimum absolute atomic E-state index is 0.104. The van der Waals surface area contributed by atoms with Crippen molar-refractivity contribution in [1.82, 2.24) is 10.3 Å². The van der Waals surface area contributed by atoms with Gasteiger partial charge in [0.15, 0.2) is 6.61 Å². The van der Waals surface area contributed by atoms with E-state index >= 15 is 0 Å². The molecule has 1 heterocycles. The third-order valence-corrected chi connectivity index (χ3v) is 5.27. The summed E-state index contributed by atoms with van der Waals surface area (Å²) in [5, 5.41) is 3.29. The molecule has 154 valence electrons. The molecule has 1 aromatic carbocycles. The average Bonchev–Trinajstić information content (AvgIpc) is 3.59. The lowest BCUT2D eigenvalue weighted by atomic mass is 9.99. The van der Waals surface area contributed by atoms with Crippen molar-refractivity contribution in [2.24, 2.45) is 5.92 Å². The molecule has 0 unspecified atom stereocenters. The fourth-order valence-electron chi connectivity index (χ4n) is 3.17. The lowest BCUT2D eigenvalue weighted by Crippen LogP contribution is -2.47. The molecular formula is C22H26N2O5. The van der Waals surface area contributed by atoms with Crippen LogP contribution in [0.4, 0.5) is 0 Å². The monoisotopic (exact) mass is 398 g/mol. The van der Waals surface area contributed by atoms with Gasteiger partial charge in [-0.3, -0.25) is 9.78 Å². The van der Waals surface area contributed by atoms with Gasteiger partial charge in [-0.05, 0) is 30.9 Å². The second kappa shape index (κ2) is 9.03. The zero-order chi connectivity index (χ0) is 21.0. The Labute approximate surface area is 169 Å². The number of para-hydroxylation sites is 1. The molecule has 7 nitrogen and oxygen atoms in total. The number of nitrogens with zero attached hydrogens (tertiary/aromatic N) is 1. The molecule has 7 heteroatoms. The molecule has 1 saturated carbocycles. The second-order valence-corrected chi connectivity index (χ2v) is 7.42. The summed E-state index contributed by atoms with van der Waals surface area (Å²) in [7, 11) is 1.27. The Kier molecular flexibility index (Phi) is 6.46. The molecule has 1 aliphatic rings. The van der Waals surface area contributed by atoms with Gasteiger partial charge in [0.05, 0.1) is 18.2 Å². The molecule has 3 rings (SSSR count). The zero-order valence-electron chi connectivity index (χ0n) is 16.9. The van der Waals surface area contributed by atoms with E-state index in [0.29, 0.717) is 23.3 Å². The Morgan fingerprint density at radius 2 is 1.97 bits per heavy atom. The third kappa shape index (κ3) is 4.91. The van der Waals surface area contributed by atoms with Crippen LogP contribution >= 0.6 is 0 Å². The van der Waals surface area contributed by atoms with Gasteiger partial charge in [-0.2, -0.15) is 0 Å². The number of aromatic nitrogens is 1. The molecular weight excluding hydrogens is 372 g/mol. The summed E-state index contributed by atoms with van der Waals surface area (Å²) >= 11 is 0. The molecule has 0 bridgehead atoms. The highest BCUT2D eigenvalue weighted by atomic mass is 16.5. The predicted octanol–water partition coefficient (Wildman–Crippen LogP) is 2.97. The van der Waals surface area contributed by atoms with Gasteiger partial charge < -0.3 is 14.8 Å². The highest BCUT2D eigenvalue weighted by molar-refractivity contribution is 6.04. The standard InChI is InChI=1S/C22H26N2O5/c1-4-13(2)20(22(27)28-3)24-19(25)12-29-21(26)16-11-18(14-9-10-14)23-17-8-6-5-7-15(16)17/h5-8,11,13-14,20H,4,9-10,12H2,1-3H3,(H,24,25)/t13-,20-/m0/s1. The smallest absolute Gasteiger partial charge is 0.339 e. The van der Waals surface area contributed by atoms with E-state index in [-0.39, 0.29) is 5.92 Å². The lowest BCUT2D eigenvalue weighted by molar-refractivity contribution is -0.147. The molecule has 2 atom stereocenters. The SMILES string of the molecule is CC[C@H](C)[C@H](NC(=O)COC(=O)c1cc(C2CC2)nc2ccccc12)C(=O)OC. The Morgan fingerprint density at radius 1 is 1.24 bits per heavy atom. The van der Waals surface area contributed by atoms with Gasteiger partial charge in [-0.25, -0.2) is 9.59 Å². The molecule has 0 spiro atoms. The molecule has 29 heavy (non-hydrogen) atoms. The largest absolute Gasteiger partial charge is 0.467 e. The van der Waals surface area contributed by atoms with Crippen molar-refractivity contribution in [3.8, 4) is 0 Å². The Hall–Kier alpha value is -2.96. The van der Waals surface area contributed by atoms with Crippen LogP contribution in [0.1, 0.15) is 55.1 Å². The van der Waals surface area contributed by atoms with E-state index in [2.05, 4.69) is 10.3 Å². The Balaban J connectivity index is 1.70. The van der Waals surface area contributed by atoms with Gasteiger partial charge in [0.2, 0.25) is 0 Å². The number of fused-ring (bicyclic) bond motifs is 1. The maximum absolute atomic E-state index is 12.7. The van der Waals surface area contributed by atoms with Crippen molar-refractivity contribution in [3.63, 3.8) is 0 Å². The van der Waals surface area contributed by atoms with E-state index in [1.165, 1.54) is 7.11 Å². The van der Waals surface area contributed by atoms with Crippen molar-refractivity contribution in [2.75, 3.05) is 13.7 Å². The molecule has 0 aliphatic heterocycles. The molecule has 1 aromatic heterocycles. The molecule has 0 radical (unpaired) electrons. The van der Waals surface area contributed by atoms with E-state index in [4.69, 9.17) is 9.47 Å². The maximum atomic E-state index is 12.7.